The maximum atomic E-state index is 12.8. The van der Waals surface area contributed by atoms with Crippen LogP contribution in [0.25, 0.3) is 22.4 Å². The van der Waals surface area contributed by atoms with Crippen LogP contribution in [0.3, 0.4) is 0 Å². The Bertz CT molecular complexity index is 1140. The summed E-state index contributed by atoms with van der Waals surface area (Å²) in [5.74, 6) is 1.67. The van der Waals surface area contributed by atoms with Crippen molar-refractivity contribution in [3.63, 3.8) is 0 Å². The molecule has 152 valence electrons. The highest BCUT2D eigenvalue weighted by Gasteiger charge is 2.25. The number of likely N-dealkylation sites (tertiary alicyclic amines) is 1. The topological polar surface area (TPSA) is 64.2 Å². The van der Waals surface area contributed by atoms with E-state index in [-0.39, 0.29) is 5.91 Å². The number of aromatic nitrogens is 3. The van der Waals surface area contributed by atoms with Gasteiger partial charge in [-0.1, -0.05) is 47.6 Å². The number of rotatable bonds is 5. The van der Waals surface area contributed by atoms with Crippen molar-refractivity contribution in [1.82, 2.24) is 19.6 Å². The lowest BCUT2D eigenvalue weighted by Gasteiger charge is -2.32. The fourth-order valence-electron chi connectivity index (χ4n) is 4.27. The van der Waals surface area contributed by atoms with E-state index in [9.17, 15) is 4.79 Å². The van der Waals surface area contributed by atoms with Crippen LogP contribution in [-0.2, 0) is 17.8 Å². The third kappa shape index (κ3) is 3.73. The van der Waals surface area contributed by atoms with Gasteiger partial charge in [0.05, 0.1) is 6.42 Å². The maximum absolute atomic E-state index is 12.8. The van der Waals surface area contributed by atoms with Gasteiger partial charge in [-0.15, -0.1) is 0 Å². The molecule has 1 fully saturated rings. The highest BCUT2D eigenvalue weighted by atomic mass is 16.5. The molecule has 0 unspecified atom stereocenters. The van der Waals surface area contributed by atoms with Gasteiger partial charge in [0, 0.05) is 43.0 Å². The third-order valence-corrected chi connectivity index (χ3v) is 5.94. The average molecular weight is 400 g/mol. The number of imidazole rings is 1. The van der Waals surface area contributed by atoms with Crippen molar-refractivity contribution in [2.24, 2.45) is 5.92 Å². The predicted molar refractivity (Wildman–Crippen MR) is 115 cm³/mol. The fraction of sp³-hybridized carbons (Fsp3) is 0.292. The van der Waals surface area contributed by atoms with E-state index in [4.69, 9.17) is 4.52 Å². The van der Waals surface area contributed by atoms with E-state index in [1.807, 2.05) is 53.6 Å². The molecule has 0 atom stereocenters. The van der Waals surface area contributed by atoms with Crippen LogP contribution < -0.4 is 0 Å². The summed E-state index contributed by atoms with van der Waals surface area (Å²) in [4.78, 5) is 19.3. The number of para-hydroxylation sites is 1. The molecule has 6 heteroatoms. The molecule has 0 N–H and O–H groups in total. The zero-order valence-electron chi connectivity index (χ0n) is 16.8. The summed E-state index contributed by atoms with van der Waals surface area (Å²) in [7, 11) is 0. The number of nitrogens with zero attached hydrogens (tertiary/aromatic N) is 4. The Morgan fingerprint density at radius 1 is 1.03 bits per heavy atom. The largest absolute Gasteiger partial charge is 0.356 e. The molecule has 0 saturated carbocycles. The first-order chi connectivity index (χ1) is 14.8. The number of amides is 1. The number of piperidine rings is 1. The molecule has 0 spiro atoms. The van der Waals surface area contributed by atoms with Gasteiger partial charge in [0.2, 0.25) is 5.91 Å². The van der Waals surface area contributed by atoms with E-state index in [0.717, 1.165) is 60.5 Å². The SMILES string of the molecule is O=C(Cc1noc2ccccc12)N1CCC(Cn2ccnc2-c2ccccc2)CC1. The first-order valence-electron chi connectivity index (χ1n) is 10.5. The van der Waals surface area contributed by atoms with Crippen molar-refractivity contribution in [3.05, 3.63) is 72.7 Å². The summed E-state index contributed by atoms with van der Waals surface area (Å²) in [5.41, 5.74) is 2.59. The molecule has 0 aliphatic carbocycles. The smallest absolute Gasteiger partial charge is 0.228 e. The Balaban J connectivity index is 1.19. The second-order valence-electron chi connectivity index (χ2n) is 7.90. The number of hydrogen-bond acceptors (Lipinski definition) is 4. The van der Waals surface area contributed by atoms with E-state index in [1.165, 1.54) is 0 Å². The Hall–Kier alpha value is -3.41. The summed E-state index contributed by atoms with van der Waals surface area (Å²) in [6, 6.07) is 18.0. The predicted octanol–water partition coefficient (Wildman–Crippen LogP) is 4.17. The van der Waals surface area contributed by atoms with Crippen LogP contribution in [0.4, 0.5) is 0 Å². The van der Waals surface area contributed by atoms with E-state index >= 15 is 0 Å². The third-order valence-electron chi connectivity index (χ3n) is 5.94. The van der Waals surface area contributed by atoms with E-state index in [0.29, 0.717) is 12.3 Å². The molecule has 0 radical (unpaired) electrons. The molecule has 0 bridgehead atoms. The van der Waals surface area contributed by atoms with E-state index in [1.54, 1.807) is 0 Å². The Morgan fingerprint density at radius 3 is 2.63 bits per heavy atom. The van der Waals surface area contributed by atoms with Crippen LogP contribution >= 0.6 is 0 Å². The van der Waals surface area contributed by atoms with Crippen molar-refractivity contribution < 1.29 is 9.32 Å². The summed E-state index contributed by atoms with van der Waals surface area (Å²) in [5, 5.41) is 5.03. The molecule has 1 saturated heterocycles. The van der Waals surface area contributed by atoms with Crippen LogP contribution in [0.2, 0.25) is 0 Å². The number of fused-ring (bicyclic) bond motifs is 1. The molecule has 3 heterocycles. The summed E-state index contributed by atoms with van der Waals surface area (Å²) in [6.45, 7) is 2.50. The van der Waals surface area contributed by atoms with Gasteiger partial charge in [0.1, 0.15) is 11.5 Å². The van der Waals surface area contributed by atoms with Gasteiger partial charge in [-0.3, -0.25) is 4.79 Å². The minimum Gasteiger partial charge on any atom is -0.356 e. The zero-order chi connectivity index (χ0) is 20.3. The molecule has 1 aliphatic heterocycles. The zero-order valence-corrected chi connectivity index (χ0v) is 16.8. The van der Waals surface area contributed by atoms with Gasteiger partial charge >= 0.3 is 0 Å². The first kappa shape index (κ1) is 18.6. The van der Waals surface area contributed by atoms with Crippen LogP contribution in [-0.4, -0.2) is 38.6 Å². The van der Waals surface area contributed by atoms with E-state index in [2.05, 4.69) is 33.0 Å². The standard InChI is InChI=1S/C24H24N4O2/c29-23(16-21-20-8-4-5-9-22(20)30-26-21)27-13-10-18(11-14-27)17-28-15-12-25-24(28)19-6-2-1-3-7-19/h1-9,12,15,18H,10-11,13-14,16-17H2. The second-order valence-corrected chi connectivity index (χ2v) is 7.90. The van der Waals surface area contributed by atoms with E-state index < -0.39 is 0 Å². The quantitative estimate of drug-likeness (QED) is 0.504. The van der Waals surface area contributed by atoms with Crippen molar-refractivity contribution in [2.45, 2.75) is 25.8 Å². The maximum Gasteiger partial charge on any atom is 0.228 e. The molecular weight excluding hydrogens is 376 g/mol. The molecular formula is C24H24N4O2. The monoisotopic (exact) mass is 400 g/mol. The van der Waals surface area contributed by atoms with Crippen molar-refractivity contribution in [3.8, 4) is 11.4 Å². The van der Waals surface area contributed by atoms with Gasteiger partial charge in [0.15, 0.2) is 5.58 Å². The van der Waals surface area contributed by atoms with Crippen LogP contribution in [0, 0.1) is 5.92 Å². The molecule has 2 aromatic heterocycles. The van der Waals surface area contributed by atoms with Crippen molar-refractivity contribution >= 4 is 16.9 Å². The second kappa shape index (κ2) is 8.14. The minimum atomic E-state index is 0.125. The Kier molecular flexibility index (Phi) is 5.05. The van der Waals surface area contributed by atoms with Crippen molar-refractivity contribution in [1.29, 1.82) is 0 Å². The van der Waals surface area contributed by atoms with Gasteiger partial charge in [-0.25, -0.2) is 4.98 Å². The van der Waals surface area contributed by atoms with Gasteiger partial charge in [0.25, 0.3) is 0 Å². The normalized spacial score (nSPS) is 15.0. The molecule has 5 rings (SSSR count). The molecule has 4 aromatic rings. The highest BCUT2D eigenvalue weighted by Crippen LogP contribution is 2.24. The molecule has 1 aliphatic rings. The Morgan fingerprint density at radius 2 is 1.80 bits per heavy atom. The van der Waals surface area contributed by atoms with Gasteiger partial charge in [-0.2, -0.15) is 0 Å². The molecule has 2 aromatic carbocycles. The Labute approximate surface area is 175 Å². The first-order valence-corrected chi connectivity index (χ1v) is 10.5. The number of hydrogen-bond donors (Lipinski definition) is 0. The van der Waals surface area contributed by atoms with Crippen LogP contribution in [0.15, 0.2) is 71.5 Å². The highest BCUT2D eigenvalue weighted by molar-refractivity contribution is 5.86. The lowest BCUT2D eigenvalue weighted by atomic mass is 9.96. The number of carbonyl (C=O) groups excluding carboxylic acids is 1. The molecule has 1 amide bonds. The fourth-order valence-corrected chi connectivity index (χ4v) is 4.27. The number of carbonyl (C=O) groups is 1. The average Bonchev–Trinajstić information content (AvgIpc) is 3.42. The molecule has 30 heavy (non-hydrogen) atoms. The van der Waals surface area contributed by atoms with Crippen LogP contribution in [0.1, 0.15) is 18.5 Å². The van der Waals surface area contributed by atoms with Gasteiger partial charge < -0.3 is 14.0 Å². The lowest BCUT2D eigenvalue weighted by Crippen LogP contribution is -2.40. The number of benzene rings is 2. The van der Waals surface area contributed by atoms with Crippen LogP contribution in [0.5, 0.6) is 0 Å². The minimum absolute atomic E-state index is 0.125. The summed E-state index contributed by atoms with van der Waals surface area (Å²) >= 11 is 0. The lowest BCUT2D eigenvalue weighted by molar-refractivity contribution is -0.132. The van der Waals surface area contributed by atoms with Crippen molar-refractivity contribution in [2.75, 3.05) is 13.1 Å². The molecule has 6 nitrogen and oxygen atoms in total. The summed E-state index contributed by atoms with van der Waals surface area (Å²) in [6.07, 6.45) is 6.20. The van der Waals surface area contributed by atoms with Gasteiger partial charge in [-0.05, 0) is 30.9 Å². The summed E-state index contributed by atoms with van der Waals surface area (Å²) < 4.78 is 7.57.